The Morgan fingerprint density at radius 1 is 1.09 bits per heavy atom. The fourth-order valence-electron chi connectivity index (χ4n) is 3.11. The van der Waals surface area contributed by atoms with Crippen molar-refractivity contribution in [2.24, 2.45) is 0 Å². The number of aryl methyl sites for hydroxylation is 2. The number of ether oxygens (including phenoxy) is 1. The minimum absolute atomic E-state index is 0.0829. The van der Waals surface area contributed by atoms with Gasteiger partial charge in [-0.3, -0.25) is 4.79 Å². The fourth-order valence-corrected chi connectivity index (χ4v) is 3.11. The molecule has 0 aromatic heterocycles. The maximum Gasteiger partial charge on any atom is 0.255 e. The van der Waals surface area contributed by atoms with Gasteiger partial charge in [0.25, 0.3) is 5.91 Å². The van der Waals surface area contributed by atoms with Crippen molar-refractivity contribution < 1.29 is 9.53 Å². The lowest BCUT2D eigenvalue weighted by atomic mass is 10.1. The number of benzene rings is 2. The second-order valence-electron chi connectivity index (χ2n) is 6.32. The maximum absolute atomic E-state index is 12.5. The van der Waals surface area contributed by atoms with Gasteiger partial charge < -0.3 is 10.1 Å². The molecule has 1 saturated carbocycles. The lowest BCUT2D eigenvalue weighted by Crippen LogP contribution is -2.14. The molecule has 0 saturated heterocycles. The molecule has 0 aliphatic heterocycles. The Balaban J connectivity index is 1.70. The molecule has 2 aromatic carbocycles. The van der Waals surface area contributed by atoms with Gasteiger partial charge in [-0.1, -0.05) is 23.8 Å². The molecule has 120 valence electrons. The maximum atomic E-state index is 12.5. The Labute approximate surface area is 137 Å². The molecule has 1 amide bonds. The van der Waals surface area contributed by atoms with Crippen molar-refractivity contribution in [2.75, 3.05) is 5.32 Å². The Kier molecular flexibility index (Phi) is 4.65. The molecular formula is C20H23NO2. The van der Waals surface area contributed by atoms with Gasteiger partial charge in [-0.25, -0.2) is 0 Å². The van der Waals surface area contributed by atoms with Crippen molar-refractivity contribution in [3.8, 4) is 5.75 Å². The molecule has 1 fully saturated rings. The predicted molar refractivity (Wildman–Crippen MR) is 93.2 cm³/mol. The van der Waals surface area contributed by atoms with Gasteiger partial charge in [0, 0.05) is 17.3 Å². The molecule has 3 heteroatoms. The number of hydrogen-bond acceptors (Lipinski definition) is 2. The fraction of sp³-hybridized carbons (Fsp3) is 0.350. The van der Waals surface area contributed by atoms with Crippen LogP contribution in [-0.2, 0) is 0 Å². The zero-order valence-corrected chi connectivity index (χ0v) is 13.8. The van der Waals surface area contributed by atoms with E-state index in [0.29, 0.717) is 11.7 Å². The predicted octanol–water partition coefficient (Wildman–Crippen LogP) is 4.88. The lowest BCUT2D eigenvalue weighted by Gasteiger charge is -2.14. The summed E-state index contributed by atoms with van der Waals surface area (Å²) in [6, 6.07) is 13.5. The van der Waals surface area contributed by atoms with Crippen molar-refractivity contribution in [1.82, 2.24) is 0 Å². The molecule has 0 radical (unpaired) electrons. The highest BCUT2D eigenvalue weighted by Crippen LogP contribution is 2.26. The Bertz CT molecular complexity index is 703. The van der Waals surface area contributed by atoms with Crippen molar-refractivity contribution >= 4 is 11.6 Å². The van der Waals surface area contributed by atoms with Crippen molar-refractivity contribution in [3.05, 3.63) is 59.2 Å². The van der Waals surface area contributed by atoms with Gasteiger partial charge >= 0.3 is 0 Å². The summed E-state index contributed by atoms with van der Waals surface area (Å²) in [5, 5.41) is 2.96. The third kappa shape index (κ3) is 3.92. The summed E-state index contributed by atoms with van der Waals surface area (Å²) in [7, 11) is 0. The third-order valence-corrected chi connectivity index (χ3v) is 4.32. The molecule has 3 nitrogen and oxygen atoms in total. The van der Waals surface area contributed by atoms with Gasteiger partial charge in [0.15, 0.2) is 0 Å². The van der Waals surface area contributed by atoms with Crippen LogP contribution in [-0.4, -0.2) is 12.0 Å². The van der Waals surface area contributed by atoms with Gasteiger partial charge in [-0.05, 0) is 63.3 Å². The van der Waals surface area contributed by atoms with Crippen LogP contribution in [0.1, 0.15) is 47.2 Å². The van der Waals surface area contributed by atoms with E-state index in [9.17, 15) is 4.79 Å². The SMILES string of the molecule is Cc1ccc(C(=O)Nc2cccc(OC3CCCC3)c2)c(C)c1. The highest BCUT2D eigenvalue weighted by atomic mass is 16.5. The summed E-state index contributed by atoms with van der Waals surface area (Å²) in [5.74, 6) is 0.746. The standard InChI is InChI=1S/C20H23NO2/c1-14-10-11-19(15(2)12-14)20(22)21-16-6-5-9-18(13-16)23-17-7-3-4-8-17/h5-6,9-13,17H,3-4,7-8H2,1-2H3,(H,21,22). The molecule has 23 heavy (non-hydrogen) atoms. The quantitative estimate of drug-likeness (QED) is 0.874. The lowest BCUT2D eigenvalue weighted by molar-refractivity contribution is 0.102. The molecule has 1 aliphatic rings. The third-order valence-electron chi connectivity index (χ3n) is 4.32. The first-order chi connectivity index (χ1) is 11.1. The van der Waals surface area contributed by atoms with Gasteiger partial charge in [-0.15, -0.1) is 0 Å². The summed E-state index contributed by atoms with van der Waals surface area (Å²) in [6.45, 7) is 3.99. The van der Waals surface area contributed by atoms with Gasteiger partial charge in [0.2, 0.25) is 0 Å². The highest BCUT2D eigenvalue weighted by Gasteiger charge is 2.16. The number of carbonyl (C=O) groups is 1. The average molecular weight is 309 g/mol. The van der Waals surface area contributed by atoms with E-state index in [2.05, 4.69) is 5.32 Å². The number of amides is 1. The first-order valence-corrected chi connectivity index (χ1v) is 8.27. The summed E-state index contributed by atoms with van der Waals surface area (Å²) in [6.07, 6.45) is 5.06. The molecule has 1 N–H and O–H groups in total. The van der Waals surface area contributed by atoms with Crippen molar-refractivity contribution in [1.29, 1.82) is 0 Å². The molecule has 0 bridgehead atoms. The first-order valence-electron chi connectivity index (χ1n) is 8.27. The van der Waals surface area contributed by atoms with Gasteiger partial charge in [0.1, 0.15) is 5.75 Å². The van der Waals surface area contributed by atoms with Crippen LogP contribution in [0.3, 0.4) is 0 Å². The average Bonchev–Trinajstić information content (AvgIpc) is 3.00. The summed E-state index contributed by atoms with van der Waals surface area (Å²) < 4.78 is 5.99. The summed E-state index contributed by atoms with van der Waals surface area (Å²) in [5.41, 5.74) is 3.62. The Morgan fingerprint density at radius 2 is 1.87 bits per heavy atom. The van der Waals surface area contributed by atoms with Crippen LogP contribution in [0.4, 0.5) is 5.69 Å². The van der Waals surface area contributed by atoms with Crippen LogP contribution >= 0.6 is 0 Å². The monoisotopic (exact) mass is 309 g/mol. The zero-order valence-electron chi connectivity index (χ0n) is 13.8. The van der Waals surface area contributed by atoms with Crippen molar-refractivity contribution in [3.63, 3.8) is 0 Å². The van der Waals surface area contributed by atoms with E-state index >= 15 is 0 Å². The molecule has 2 aromatic rings. The second kappa shape index (κ2) is 6.86. The van der Waals surface area contributed by atoms with Crippen LogP contribution in [0.15, 0.2) is 42.5 Å². The summed E-state index contributed by atoms with van der Waals surface area (Å²) >= 11 is 0. The van der Waals surface area contributed by atoms with Crippen molar-refractivity contribution in [2.45, 2.75) is 45.6 Å². The molecule has 1 aliphatic carbocycles. The normalized spacial score (nSPS) is 14.7. The molecule has 3 rings (SSSR count). The number of anilines is 1. The number of nitrogens with one attached hydrogen (secondary N) is 1. The van der Waals surface area contributed by atoms with E-state index in [1.165, 1.54) is 12.8 Å². The topological polar surface area (TPSA) is 38.3 Å². The smallest absolute Gasteiger partial charge is 0.255 e. The largest absolute Gasteiger partial charge is 0.490 e. The van der Waals surface area contributed by atoms with E-state index in [1.54, 1.807) is 0 Å². The first kappa shape index (κ1) is 15.6. The van der Waals surface area contributed by atoms with Crippen LogP contribution < -0.4 is 10.1 Å². The van der Waals surface area contributed by atoms with E-state index in [1.807, 2.05) is 56.3 Å². The van der Waals surface area contributed by atoms with Gasteiger partial charge in [0.05, 0.1) is 6.10 Å². The molecule has 0 spiro atoms. The zero-order chi connectivity index (χ0) is 16.2. The highest BCUT2D eigenvalue weighted by molar-refractivity contribution is 6.05. The second-order valence-corrected chi connectivity index (χ2v) is 6.32. The van der Waals surface area contributed by atoms with E-state index in [4.69, 9.17) is 4.74 Å². The van der Waals surface area contributed by atoms with Crippen LogP contribution in [0.2, 0.25) is 0 Å². The molecule has 0 atom stereocenters. The van der Waals surface area contributed by atoms with Crippen LogP contribution in [0.25, 0.3) is 0 Å². The van der Waals surface area contributed by atoms with Gasteiger partial charge in [-0.2, -0.15) is 0 Å². The van der Waals surface area contributed by atoms with E-state index in [-0.39, 0.29) is 5.91 Å². The number of carbonyl (C=O) groups excluding carboxylic acids is 1. The number of rotatable bonds is 4. The Morgan fingerprint density at radius 3 is 2.61 bits per heavy atom. The summed E-state index contributed by atoms with van der Waals surface area (Å²) in [4.78, 5) is 12.5. The van der Waals surface area contributed by atoms with E-state index < -0.39 is 0 Å². The Hall–Kier alpha value is -2.29. The molecule has 0 unspecified atom stereocenters. The minimum atomic E-state index is -0.0829. The van der Waals surface area contributed by atoms with Crippen LogP contribution in [0, 0.1) is 13.8 Å². The minimum Gasteiger partial charge on any atom is -0.490 e. The van der Waals surface area contributed by atoms with Crippen LogP contribution in [0.5, 0.6) is 5.75 Å². The van der Waals surface area contributed by atoms with E-state index in [0.717, 1.165) is 35.4 Å². The molecule has 0 heterocycles. The number of hydrogen-bond donors (Lipinski definition) is 1. The molecular weight excluding hydrogens is 286 g/mol.